The first-order chi connectivity index (χ1) is 8.69. The number of piperazine rings is 1. The molecule has 1 aliphatic heterocycles. The van der Waals surface area contributed by atoms with Gasteiger partial charge in [-0.3, -0.25) is 5.43 Å². The van der Waals surface area contributed by atoms with Crippen molar-refractivity contribution in [3.05, 3.63) is 29.3 Å². The maximum absolute atomic E-state index is 5.27. The van der Waals surface area contributed by atoms with Gasteiger partial charge >= 0.3 is 0 Å². The quantitative estimate of drug-likeness (QED) is 0.869. The van der Waals surface area contributed by atoms with Crippen molar-refractivity contribution in [3.63, 3.8) is 0 Å². The van der Waals surface area contributed by atoms with Crippen LogP contribution in [0.2, 0.25) is 0 Å². The highest BCUT2D eigenvalue weighted by atomic mass is 16.5. The van der Waals surface area contributed by atoms with Crippen LogP contribution in [0.3, 0.4) is 0 Å². The van der Waals surface area contributed by atoms with Crippen LogP contribution in [0.15, 0.2) is 18.2 Å². The predicted octanol–water partition coefficient (Wildman–Crippen LogP) is 1.26. The summed E-state index contributed by atoms with van der Waals surface area (Å²) in [6.45, 7) is 7.41. The van der Waals surface area contributed by atoms with Crippen molar-refractivity contribution in [1.29, 1.82) is 0 Å². The van der Waals surface area contributed by atoms with E-state index in [9.17, 15) is 0 Å². The minimum Gasteiger partial charge on any atom is -0.496 e. The number of aryl methyl sites for hydroxylation is 1. The highest BCUT2D eigenvalue weighted by molar-refractivity contribution is 5.36. The zero-order chi connectivity index (χ0) is 13.0. The number of hydrazine groups is 1. The predicted molar refractivity (Wildman–Crippen MR) is 73.6 cm³/mol. The van der Waals surface area contributed by atoms with E-state index >= 15 is 0 Å². The lowest BCUT2D eigenvalue weighted by Gasteiger charge is -2.32. The van der Waals surface area contributed by atoms with E-state index in [0.717, 1.165) is 38.5 Å². The zero-order valence-corrected chi connectivity index (χ0v) is 11.6. The molecule has 1 heterocycles. The number of ether oxygens (including phenoxy) is 1. The molecule has 0 saturated carbocycles. The fraction of sp³-hybridized carbons (Fsp3) is 0.571. The summed E-state index contributed by atoms with van der Waals surface area (Å²) in [4.78, 5) is 2.36. The van der Waals surface area contributed by atoms with Crippen molar-refractivity contribution < 1.29 is 4.74 Å². The Morgan fingerprint density at radius 3 is 2.56 bits per heavy atom. The molecule has 1 N–H and O–H groups in total. The van der Waals surface area contributed by atoms with E-state index in [1.54, 1.807) is 7.11 Å². The van der Waals surface area contributed by atoms with Crippen LogP contribution < -0.4 is 10.2 Å². The smallest absolute Gasteiger partial charge is 0.121 e. The van der Waals surface area contributed by atoms with E-state index in [-0.39, 0.29) is 0 Å². The van der Waals surface area contributed by atoms with Gasteiger partial charge in [-0.1, -0.05) is 12.1 Å². The first-order valence-corrected chi connectivity index (χ1v) is 6.49. The molecule has 4 heteroatoms. The van der Waals surface area contributed by atoms with Gasteiger partial charge < -0.3 is 9.64 Å². The Labute approximate surface area is 109 Å². The highest BCUT2D eigenvalue weighted by Gasteiger charge is 2.12. The van der Waals surface area contributed by atoms with Gasteiger partial charge in [0.1, 0.15) is 5.75 Å². The summed E-state index contributed by atoms with van der Waals surface area (Å²) in [5.74, 6) is 0.957. The molecule has 1 fully saturated rings. The second kappa shape index (κ2) is 6.18. The van der Waals surface area contributed by atoms with E-state index in [4.69, 9.17) is 4.74 Å². The zero-order valence-electron chi connectivity index (χ0n) is 11.6. The van der Waals surface area contributed by atoms with Crippen molar-refractivity contribution in [2.45, 2.75) is 13.5 Å². The van der Waals surface area contributed by atoms with Crippen LogP contribution in [0.1, 0.15) is 11.1 Å². The molecule has 0 radical (unpaired) electrons. The molecule has 0 spiro atoms. The molecule has 1 aliphatic rings. The van der Waals surface area contributed by atoms with Crippen LogP contribution in [0, 0.1) is 6.92 Å². The number of likely N-dealkylation sites (N-methyl/N-ethyl adjacent to an activating group) is 1. The lowest BCUT2D eigenvalue weighted by Crippen LogP contribution is -2.50. The summed E-state index contributed by atoms with van der Waals surface area (Å²) in [5, 5.41) is 2.31. The van der Waals surface area contributed by atoms with Gasteiger partial charge in [0.15, 0.2) is 0 Å². The number of rotatable bonds is 4. The largest absolute Gasteiger partial charge is 0.496 e. The third kappa shape index (κ3) is 3.45. The molecule has 0 bridgehead atoms. The number of methoxy groups -OCH3 is 1. The number of benzene rings is 1. The van der Waals surface area contributed by atoms with Crippen LogP contribution in [0.25, 0.3) is 0 Å². The van der Waals surface area contributed by atoms with Crippen molar-refractivity contribution in [2.75, 3.05) is 40.3 Å². The Bertz CT molecular complexity index is 387. The standard InChI is InChI=1S/C14H23N3O/c1-12-10-13(4-5-14(12)18-3)11-15-17-8-6-16(2)7-9-17/h4-5,10,15H,6-9,11H2,1-3H3. The van der Waals surface area contributed by atoms with Gasteiger partial charge in [0.2, 0.25) is 0 Å². The monoisotopic (exact) mass is 249 g/mol. The molecule has 18 heavy (non-hydrogen) atoms. The molecule has 1 aromatic rings. The summed E-state index contributed by atoms with van der Waals surface area (Å²) >= 11 is 0. The first-order valence-electron chi connectivity index (χ1n) is 6.49. The summed E-state index contributed by atoms with van der Waals surface area (Å²) < 4.78 is 5.27. The molecule has 100 valence electrons. The summed E-state index contributed by atoms with van der Waals surface area (Å²) in [6, 6.07) is 6.34. The van der Waals surface area contributed by atoms with Crippen LogP contribution >= 0.6 is 0 Å². The molecule has 2 rings (SSSR count). The molecule has 0 aromatic heterocycles. The van der Waals surface area contributed by atoms with E-state index in [2.05, 4.69) is 41.4 Å². The lowest BCUT2D eigenvalue weighted by molar-refractivity contribution is 0.102. The lowest BCUT2D eigenvalue weighted by atomic mass is 10.1. The van der Waals surface area contributed by atoms with Gasteiger partial charge in [0.25, 0.3) is 0 Å². The molecular formula is C14H23N3O. The fourth-order valence-corrected chi connectivity index (χ4v) is 2.22. The summed E-state index contributed by atoms with van der Waals surface area (Å²) in [6.07, 6.45) is 0. The van der Waals surface area contributed by atoms with Gasteiger partial charge in [-0.2, -0.15) is 0 Å². The van der Waals surface area contributed by atoms with E-state index < -0.39 is 0 Å². The van der Waals surface area contributed by atoms with Crippen molar-refractivity contribution in [3.8, 4) is 5.75 Å². The first kappa shape index (κ1) is 13.3. The molecule has 0 unspecified atom stereocenters. The molecular weight excluding hydrogens is 226 g/mol. The molecule has 0 aliphatic carbocycles. The molecule has 1 saturated heterocycles. The molecule has 0 atom stereocenters. The van der Waals surface area contributed by atoms with Gasteiger partial charge in [0.05, 0.1) is 7.11 Å². The highest BCUT2D eigenvalue weighted by Crippen LogP contribution is 2.18. The number of nitrogens with zero attached hydrogens (tertiary/aromatic N) is 2. The Balaban J connectivity index is 1.84. The number of nitrogens with one attached hydrogen (secondary N) is 1. The van der Waals surface area contributed by atoms with Crippen LogP contribution in [-0.2, 0) is 6.54 Å². The third-order valence-electron chi connectivity index (χ3n) is 3.47. The van der Waals surface area contributed by atoms with Crippen LogP contribution in [0.4, 0.5) is 0 Å². The van der Waals surface area contributed by atoms with Gasteiger partial charge in [-0.15, -0.1) is 0 Å². The van der Waals surface area contributed by atoms with E-state index in [0.29, 0.717) is 0 Å². The second-order valence-electron chi connectivity index (χ2n) is 4.93. The van der Waals surface area contributed by atoms with Gasteiger partial charge in [-0.05, 0) is 31.2 Å². The number of hydrogen-bond acceptors (Lipinski definition) is 4. The van der Waals surface area contributed by atoms with Gasteiger partial charge in [0, 0.05) is 32.7 Å². The minimum atomic E-state index is 0.883. The third-order valence-corrected chi connectivity index (χ3v) is 3.47. The average molecular weight is 249 g/mol. The SMILES string of the molecule is COc1ccc(CNN2CCN(C)CC2)cc1C. The summed E-state index contributed by atoms with van der Waals surface area (Å²) in [5.41, 5.74) is 5.98. The normalized spacial score (nSPS) is 17.9. The molecule has 0 amide bonds. The van der Waals surface area contributed by atoms with Crippen molar-refractivity contribution in [2.24, 2.45) is 0 Å². The Hall–Kier alpha value is -1.10. The van der Waals surface area contributed by atoms with Crippen LogP contribution in [0.5, 0.6) is 5.75 Å². The second-order valence-corrected chi connectivity index (χ2v) is 4.93. The Kier molecular flexibility index (Phi) is 4.58. The maximum atomic E-state index is 5.27. The van der Waals surface area contributed by atoms with Gasteiger partial charge in [-0.25, -0.2) is 5.01 Å². The number of hydrogen-bond donors (Lipinski definition) is 1. The van der Waals surface area contributed by atoms with Crippen molar-refractivity contribution >= 4 is 0 Å². The Morgan fingerprint density at radius 1 is 1.22 bits per heavy atom. The summed E-state index contributed by atoms with van der Waals surface area (Å²) in [7, 11) is 3.88. The Morgan fingerprint density at radius 2 is 1.94 bits per heavy atom. The minimum absolute atomic E-state index is 0.883. The molecule has 4 nitrogen and oxygen atoms in total. The maximum Gasteiger partial charge on any atom is 0.121 e. The topological polar surface area (TPSA) is 27.7 Å². The average Bonchev–Trinajstić information content (AvgIpc) is 2.38. The molecule has 1 aromatic carbocycles. The fourth-order valence-electron chi connectivity index (χ4n) is 2.22. The van der Waals surface area contributed by atoms with Crippen LogP contribution in [-0.4, -0.2) is 50.2 Å². The van der Waals surface area contributed by atoms with E-state index in [1.165, 1.54) is 11.1 Å². The van der Waals surface area contributed by atoms with Crippen molar-refractivity contribution in [1.82, 2.24) is 15.3 Å². The van der Waals surface area contributed by atoms with E-state index in [1.807, 2.05) is 6.07 Å².